The first-order valence-electron chi connectivity index (χ1n) is 5.96. The van der Waals surface area contributed by atoms with Crippen LogP contribution in [-0.4, -0.2) is 16.8 Å². The van der Waals surface area contributed by atoms with Crippen molar-refractivity contribution in [2.45, 2.75) is 6.92 Å². The van der Waals surface area contributed by atoms with Gasteiger partial charge in [-0.15, -0.1) is 0 Å². The molecule has 0 atom stereocenters. The zero-order valence-corrected chi connectivity index (χ0v) is 11.1. The molecular formula is C14H15N3O2. The van der Waals surface area contributed by atoms with Gasteiger partial charge in [-0.3, -0.25) is 0 Å². The Morgan fingerprint density at radius 3 is 2.74 bits per heavy atom. The van der Waals surface area contributed by atoms with E-state index in [1.165, 1.54) is 0 Å². The molecule has 2 heterocycles. The number of nitrogens with zero attached hydrogens (tertiary/aromatic N) is 2. The second-order valence-corrected chi connectivity index (χ2v) is 4.63. The van der Waals surface area contributed by atoms with Gasteiger partial charge in [0.2, 0.25) is 0 Å². The van der Waals surface area contributed by atoms with Crippen molar-refractivity contribution in [2.75, 3.05) is 12.8 Å². The van der Waals surface area contributed by atoms with Gasteiger partial charge in [-0.25, -0.2) is 0 Å². The summed E-state index contributed by atoms with van der Waals surface area (Å²) in [4.78, 5) is 0. The van der Waals surface area contributed by atoms with Crippen LogP contribution in [0.25, 0.3) is 22.2 Å². The molecule has 3 rings (SSSR count). The van der Waals surface area contributed by atoms with Crippen LogP contribution in [0.1, 0.15) is 5.56 Å². The molecule has 0 aliphatic rings. The number of methoxy groups -OCH3 is 1. The van der Waals surface area contributed by atoms with Crippen molar-refractivity contribution >= 4 is 16.7 Å². The minimum Gasteiger partial charge on any atom is -0.495 e. The molecule has 0 aliphatic heterocycles. The molecule has 0 spiro atoms. The zero-order valence-electron chi connectivity index (χ0n) is 11.1. The molecule has 5 nitrogen and oxygen atoms in total. The van der Waals surface area contributed by atoms with Gasteiger partial charge in [0.25, 0.3) is 0 Å². The number of hydrogen-bond donors (Lipinski definition) is 1. The largest absolute Gasteiger partial charge is 0.495 e. The normalized spacial score (nSPS) is 11.1. The Balaban J connectivity index is 2.35. The number of ether oxygens (including phenoxy) is 1. The van der Waals surface area contributed by atoms with Crippen molar-refractivity contribution in [2.24, 2.45) is 7.05 Å². The summed E-state index contributed by atoms with van der Waals surface area (Å²) < 4.78 is 12.7. The van der Waals surface area contributed by atoms with Gasteiger partial charge in [0.1, 0.15) is 5.75 Å². The third-order valence-electron chi connectivity index (χ3n) is 3.20. The lowest BCUT2D eigenvalue weighted by Gasteiger charge is -2.06. The molecule has 5 heteroatoms. The van der Waals surface area contributed by atoms with Crippen molar-refractivity contribution in [1.82, 2.24) is 9.72 Å². The maximum atomic E-state index is 5.62. The van der Waals surface area contributed by atoms with Gasteiger partial charge >= 0.3 is 0 Å². The molecule has 0 amide bonds. The van der Waals surface area contributed by atoms with Crippen molar-refractivity contribution in [3.8, 4) is 17.1 Å². The van der Waals surface area contributed by atoms with Gasteiger partial charge in [-0.05, 0) is 24.6 Å². The lowest BCUT2D eigenvalue weighted by molar-refractivity contribution is 0.417. The number of nitrogens with two attached hydrogens (primary N) is 1. The molecule has 0 saturated carbocycles. The Bertz CT molecular complexity index is 755. The molecule has 0 bridgehead atoms. The molecular weight excluding hydrogens is 242 g/mol. The topological polar surface area (TPSA) is 66.2 Å². The minimum atomic E-state index is 0.381. The number of rotatable bonds is 2. The predicted molar refractivity (Wildman–Crippen MR) is 74.1 cm³/mol. The molecule has 98 valence electrons. The van der Waals surface area contributed by atoms with Gasteiger partial charge in [-0.1, -0.05) is 5.16 Å². The quantitative estimate of drug-likeness (QED) is 0.766. The molecule has 0 fully saturated rings. The van der Waals surface area contributed by atoms with Gasteiger partial charge in [-0.2, -0.15) is 0 Å². The first-order chi connectivity index (χ1) is 9.10. The van der Waals surface area contributed by atoms with Crippen LogP contribution in [0.15, 0.2) is 28.9 Å². The third-order valence-corrected chi connectivity index (χ3v) is 3.20. The second-order valence-electron chi connectivity index (χ2n) is 4.63. The Morgan fingerprint density at radius 2 is 2.11 bits per heavy atom. The van der Waals surface area contributed by atoms with Crippen LogP contribution in [0.3, 0.4) is 0 Å². The Morgan fingerprint density at radius 1 is 1.32 bits per heavy atom. The number of aromatic nitrogens is 2. The van der Waals surface area contributed by atoms with Crippen LogP contribution >= 0.6 is 0 Å². The minimum absolute atomic E-state index is 0.381. The zero-order chi connectivity index (χ0) is 13.6. The Hall–Kier alpha value is -2.43. The van der Waals surface area contributed by atoms with E-state index in [-0.39, 0.29) is 0 Å². The van der Waals surface area contributed by atoms with E-state index < -0.39 is 0 Å². The van der Waals surface area contributed by atoms with Crippen LogP contribution in [0.5, 0.6) is 5.75 Å². The first-order valence-corrected chi connectivity index (χ1v) is 5.96. The number of benzene rings is 1. The molecule has 3 aromatic rings. The number of aryl methyl sites for hydroxylation is 2. The SMILES string of the molecule is COc1cc(C)cc2c(-c3cc(N)no3)cn(C)c12. The van der Waals surface area contributed by atoms with Crippen molar-refractivity contribution in [1.29, 1.82) is 0 Å². The average Bonchev–Trinajstić information content (AvgIpc) is 2.93. The molecule has 2 aromatic heterocycles. The number of hydrogen-bond acceptors (Lipinski definition) is 4. The van der Waals surface area contributed by atoms with E-state index in [1.807, 2.05) is 30.8 Å². The molecule has 2 N–H and O–H groups in total. The van der Waals surface area contributed by atoms with E-state index >= 15 is 0 Å². The number of fused-ring (bicyclic) bond motifs is 1. The van der Waals surface area contributed by atoms with Crippen LogP contribution in [0.4, 0.5) is 5.82 Å². The summed E-state index contributed by atoms with van der Waals surface area (Å²) in [5.41, 5.74) is 8.73. The summed E-state index contributed by atoms with van der Waals surface area (Å²) >= 11 is 0. The van der Waals surface area contributed by atoms with Crippen molar-refractivity contribution < 1.29 is 9.26 Å². The first kappa shape index (κ1) is 11.6. The summed E-state index contributed by atoms with van der Waals surface area (Å²) in [5.74, 6) is 1.89. The number of anilines is 1. The van der Waals surface area contributed by atoms with E-state index in [9.17, 15) is 0 Å². The highest BCUT2D eigenvalue weighted by Gasteiger charge is 2.16. The van der Waals surface area contributed by atoms with Crippen LogP contribution in [-0.2, 0) is 7.05 Å². The predicted octanol–water partition coefficient (Wildman–Crippen LogP) is 2.73. The summed E-state index contributed by atoms with van der Waals surface area (Å²) in [6.07, 6.45) is 1.99. The smallest absolute Gasteiger partial charge is 0.171 e. The van der Waals surface area contributed by atoms with Gasteiger partial charge in [0, 0.05) is 30.3 Å². The molecule has 0 aliphatic carbocycles. The third kappa shape index (κ3) is 1.74. The van der Waals surface area contributed by atoms with Crippen LogP contribution < -0.4 is 10.5 Å². The molecule has 0 saturated heterocycles. The van der Waals surface area contributed by atoms with E-state index in [0.29, 0.717) is 11.6 Å². The fourth-order valence-electron chi connectivity index (χ4n) is 2.41. The van der Waals surface area contributed by atoms with Gasteiger partial charge < -0.3 is 19.6 Å². The summed E-state index contributed by atoms with van der Waals surface area (Å²) in [5, 5.41) is 4.80. The lowest BCUT2D eigenvalue weighted by Crippen LogP contribution is -1.90. The fraction of sp³-hybridized carbons (Fsp3) is 0.214. The standard InChI is InChI=1S/C14H15N3O2/c1-8-4-9-10(11-6-13(15)16-19-11)7-17(2)14(9)12(5-8)18-3/h4-7H,1-3H3,(H2,15,16). The summed E-state index contributed by atoms with van der Waals surface area (Å²) in [6.45, 7) is 2.04. The highest BCUT2D eigenvalue weighted by atomic mass is 16.5. The van der Waals surface area contributed by atoms with E-state index in [1.54, 1.807) is 13.2 Å². The van der Waals surface area contributed by atoms with Crippen molar-refractivity contribution in [3.63, 3.8) is 0 Å². The summed E-state index contributed by atoms with van der Waals surface area (Å²) in [7, 11) is 3.65. The molecule has 19 heavy (non-hydrogen) atoms. The van der Waals surface area contributed by atoms with Crippen LogP contribution in [0, 0.1) is 6.92 Å². The Labute approximate surface area is 110 Å². The Kier molecular flexibility index (Phi) is 2.48. The van der Waals surface area contributed by atoms with Gasteiger partial charge in [0.05, 0.1) is 12.6 Å². The van der Waals surface area contributed by atoms with Crippen molar-refractivity contribution in [3.05, 3.63) is 30.0 Å². The molecule has 0 unspecified atom stereocenters. The van der Waals surface area contributed by atoms with E-state index in [2.05, 4.69) is 11.2 Å². The average molecular weight is 257 g/mol. The maximum Gasteiger partial charge on any atom is 0.171 e. The lowest BCUT2D eigenvalue weighted by atomic mass is 10.1. The van der Waals surface area contributed by atoms with E-state index in [0.717, 1.165) is 27.8 Å². The fourth-order valence-corrected chi connectivity index (χ4v) is 2.41. The highest BCUT2D eigenvalue weighted by Crippen LogP contribution is 2.36. The highest BCUT2D eigenvalue weighted by molar-refractivity contribution is 5.98. The second kappa shape index (κ2) is 4.05. The number of nitrogen functional groups attached to an aromatic ring is 1. The summed E-state index contributed by atoms with van der Waals surface area (Å²) in [6, 6.07) is 5.84. The maximum absolute atomic E-state index is 5.62. The van der Waals surface area contributed by atoms with Crippen LogP contribution in [0.2, 0.25) is 0 Å². The van der Waals surface area contributed by atoms with Gasteiger partial charge in [0.15, 0.2) is 11.6 Å². The van der Waals surface area contributed by atoms with E-state index in [4.69, 9.17) is 15.0 Å². The molecule has 1 aromatic carbocycles. The molecule has 0 radical (unpaired) electrons. The monoisotopic (exact) mass is 257 g/mol.